The van der Waals surface area contributed by atoms with Crippen LogP contribution in [0.15, 0.2) is 73.1 Å². The minimum atomic E-state index is 0.402. The van der Waals surface area contributed by atoms with Gasteiger partial charge in [0, 0.05) is 34.8 Å². The molecule has 1 aliphatic rings. The molecular formula is C26H22ClN5. The summed E-state index contributed by atoms with van der Waals surface area (Å²) in [7, 11) is 0. The molecule has 2 aromatic carbocycles. The van der Waals surface area contributed by atoms with E-state index in [-0.39, 0.29) is 0 Å². The zero-order chi connectivity index (χ0) is 21.5. The van der Waals surface area contributed by atoms with Gasteiger partial charge in [-0.1, -0.05) is 60.1 Å². The van der Waals surface area contributed by atoms with Crippen molar-refractivity contribution in [2.75, 3.05) is 13.1 Å². The molecule has 0 radical (unpaired) electrons. The van der Waals surface area contributed by atoms with Gasteiger partial charge in [-0.3, -0.25) is 4.40 Å². The molecule has 6 rings (SSSR count). The van der Waals surface area contributed by atoms with Crippen LogP contribution in [0.3, 0.4) is 0 Å². The van der Waals surface area contributed by atoms with Crippen LogP contribution in [0.1, 0.15) is 24.6 Å². The third-order valence-electron chi connectivity index (χ3n) is 6.28. The van der Waals surface area contributed by atoms with Crippen molar-refractivity contribution in [1.29, 1.82) is 0 Å². The lowest BCUT2D eigenvalue weighted by Gasteiger charge is -2.21. The number of hydrogen-bond acceptors (Lipinski definition) is 4. The molecule has 0 spiro atoms. The molecule has 32 heavy (non-hydrogen) atoms. The van der Waals surface area contributed by atoms with Crippen LogP contribution in [0.5, 0.6) is 0 Å². The van der Waals surface area contributed by atoms with Gasteiger partial charge in [-0.05, 0) is 38.1 Å². The molecule has 0 unspecified atom stereocenters. The summed E-state index contributed by atoms with van der Waals surface area (Å²) in [6.07, 6.45) is 5.86. The monoisotopic (exact) mass is 439 g/mol. The average molecular weight is 440 g/mol. The third-order valence-corrected chi connectivity index (χ3v) is 6.55. The SMILES string of the molecule is Clc1nccn2c(C3CCNCC3)nc(-c3ccc4ccc(-c5ccccc5)nc4c3)c12. The number of imidazole rings is 1. The first kappa shape index (κ1) is 19.4. The van der Waals surface area contributed by atoms with E-state index >= 15 is 0 Å². The molecular weight excluding hydrogens is 418 g/mol. The molecule has 0 atom stereocenters. The minimum Gasteiger partial charge on any atom is -0.317 e. The normalized spacial score (nSPS) is 14.9. The fourth-order valence-electron chi connectivity index (χ4n) is 4.63. The molecule has 1 fully saturated rings. The van der Waals surface area contributed by atoms with Crippen molar-refractivity contribution in [1.82, 2.24) is 24.7 Å². The maximum absolute atomic E-state index is 6.59. The zero-order valence-electron chi connectivity index (χ0n) is 17.5. The van der Waals surface area contributed by atoms with Gasteiger partial charge in [-0.25, -0.2) is 15.0 Å². The first-order valence-electron chi connectivity index (χ1n) is 11.0. The topological polar surface area (TPSA) is 55.1 Å². The minimum absolute atomic E-state index is 0.402. The van der Waals surface area contributed by atoms with Crippen LogP contribution in [0.4, 0.5) is 0 Å². The molecule has 1 aliphatic heterocycles. The Morgan fingerprint density at radius 3 is 2.56 bits per heavy atom. The predicted octanol–water partition coefficient (Wildman–Crippen LogP) is 5.73. The second-order valence-electron chi connectivity index (χ2n) is 8.25. The van der Waals surface area contributed by atoms with E-state index in [1.807, 2.05) is 24.4 Å². The highest BCUT2D eigenvalue weighted by Gasteiger charge is 2.24. The summed E-state index contributed by atoms with van der Waals surface area (Å²) in [4.78, 5) is 14.4. The quantitative estimate of drug-likeness (QED) is 0.390. The van der Waals surface area contributed by atoms with Crippen molar-refractivity contribution in [3.8, 4) is 22.5 Å². The summed E-state index contributed by atoms with van der Waals surface area (Å²) < 4.78 is 2.12. The van der Waals surface area contributed by atoms with Crippen molar-refractivity contribution in [3.05, 3.63) is 84.0 Å². The van der Waals surface area contributed by atoms with Crippen LogP contribution in [0.25, 0.3) is 38.9 Å². The van der Waals surface area contributed by atoms with Gasteiger partial charge in [0.2, 0.25) is 0 Å². The molecule has 3 aromatic heterocycles. The van der Waals surface area contributed by atoms with Crippen molar-refractivity contribution in [2.24, 2.45) is 0 Å². The Kier molecular flexibility index (Phi) is 4.86. The highest BCUT2D eigenvalue weighted by atomic mass is 35.5. The predicted molar refractivity (Wildman–Crippen MR) is 129 cm³/mol. The van der Waals surface area contributed by atoms with Crippen molar-refractivity contribution >= 4 is 28.0 Å². The van der Waals surface area contributed by atoms with Crippen LogP contribution in [0, 0.1) is 0 Å². The summed E-state index contributed by atoms with van der Waals surface area (Å²) in [6, 6.07) is 20.8. The number of piperidine rings is 1. The van der Waals surface area contributed by atoms with Crippen molar-refractivity contribution in [2.45, 2.75) is 18.8 Å². The number of halogens is 1. The lowest BCUT2D eigenvalue weighted by atomic mass is 9.97. The Morgan fingerprint density at radius 1 is 0.906 bits per heavy atom. The zero-order valence-corrected chi connectivity index (χ0v) is 18.3. The van der Waals surface area contributed by atoms with Crippen LogP contribution in [-0.4, -0.2) is 32.4 Å². The van der Waals surface area contributed by atoms with Gasteiger partial charge in [0.25, 0.3) is 0 Å². The molecule has 1 saturated heterocycles. The third kappa shape index (κ3) is 3.34. The standard InChI is InChI=1S/C26H22ClN5/c27-25-24-23(31-26(32(24)15-14-29-25)19-10-12-28-13-11-19)20-7-6-18-8-9-21(30-22(18)16-20)17-4-2-1-3-5-17/h1-9,14-16,19,28H,10-13H2. The number of hydrogen-bond donors (Lipinski definition) is 1. The summed E-state index contributed by atoms with van der Waals surface area (Å²) >= 11 is 6.59. The number of nitrogens with one attached hydrogen (secondary N) is 1. The van der Waals surface area contributed by atoms with E-state index in [4.69, 9.17) is 21.6 Å². The first-order chi connectivity index (χ1) is 15.8. The van der Waals surface area contributed by atoms with E-state index in [1.165, 1.54) is 0 Å². The summed E-state index contributed by atoms with van der Waals surface area (Å²) in [5, 5.41) is 5.01. The van der Waals surface area contributed by atoms with Crippen LogP contribution in [0.2, 0.25) is 5.15 Å². The highest BCUT2D eigenvalue weighted by Crippen LogP contribution is 2.35. The van der Waals surface area contributed by atoms with Crippen LogP contribution < -0.4 is 5.32 Å². The lowest BCUT2D eigenvalue weighted by Crippen LogP contribution is -2.27. The fourth-order valence-corrected chi connectivity index (χ4v) is 4.87. The molecule has 6 heteroatoms. The number of nitrogens with zero attached hydrogens (tertiary/aromatic N) is 4. The van der Waals surface area contributed by atoms with E-state index in [9.17, 15) is 0 Å². The second kappa shape index (κ2) is 8.01. The molecule has 4 heterocycles. The van der Waals surface area contributed by atoms with Gasteiger partial charge in [-0.2, -0.15) is 0 Å². The Labute approximate surface area is 191 Å². The number of rotatable bonds is 3. The summed E-state index contributed by atoms with van der Waals surface area (Å²) in [5.41, 5.74) is 5.73. The molecule has 5 aromatic rings. The van der Waals surface area contributed by atoms with Gasteiger partial charge >= 0.3 is 0 Å². The number of benzene rings is 2. The number of fused-ring (bicyclic) bond motifs is 2. The maximum Gasteiger partial charge on any atom is 0.155 e. The van der Waals surface area contributed by atoms with Gasteiger partial charge in [0.15, 0.2) is 5.15 Å². The van der Waals surface area contributed by atoms with Gasteiger partial charge in [0.05, 0.1) is 16.9 Å². The molecule has 0 saturated carbocycles. The van der Waals surface area contributed by atoms with E-state index in [1.54, 1.807) is 6.20 Å². The second-order valence-corrected chi connectivity index (χ2v) is 8.61. The largest absolute Gasteiger partial charge is 0.317 e. The smallest absolute Gasteiger partial charge is 0.155 e. The Balaban J connectivity index is 1.51. The molecule has 0 bridgehead atoms. The highest BCUT2D eigenvalue weighted by molar-refractivity contribution is 6.33. The van der Waals surface area contributed by atoms with E-state index in [0.717, 1.165) is 70.7 Å². The fraction of sp³-hybridized carbons (Fsp3) is 0.192. The van der Waals surface area contributed by atoms with Crippen molar-refractivity contribution in [3.63, 3.8) is 0 Å². The Bertz CT molecular complexity index is 1420. The maximum atomic E-state index is 6.59. The number of pyridine rings is 1. The lowest BCUT2D eigenvalue weighted by molar-refractivity contribution is 0.444. The Hall–Kier alpha value is -3.28. The van der Waals surface area contributed by atoms with Crippen LogP contribution >= 0.6 is 11.6 Å². The molecule has 1 N–H and O–H groups in total. The first-order valence-corrected chi connectivity index (χ1v) is 11.4. The van der Waals surface area contributed by atoms with Crippen LogP contribution in [-0.2, 0) is 0 Å². The van der Waals surface area contributed by atoms with E-state index < -0.39 is 0 Å². The van der Waals surface area contributed by atoms with Gasteiger partial charge in [-0.15, -0.1) is 0 Å². The summed E-state index contributed by atoms with van der Waals surface area (Å²) in [6.45, 7) is 2.02. The van der Waals surface area contributed by atoms with Crippen molar-refractivity contribution < 1.29 is 0 Å². The average Bonchev–Trinajstić information content (AvgIpc) is 3.25. The van der Waals surface area contributed by atoms with Gasteiger partial charge in [0.1, 0.15) is 11.3 Å². The molecule has 0 amide bonds. The van der Waals surface area contributed by atoms with Gasteiger partial charge < -0.3 is 5.32 Å². The molecule has 0 aliphatic carbocycles. The summed E-state index contributed by atoms with van der Waals surface area (Å²) in [5.74, 6) is 1.46. The van der Waals surface area contributed by atoms with E-state index in [2.05, 4.69) is 57.2 Å². The molecule has 158 valence electrons. The van der Waals surface area contributed by atoms with E-state index in [0.29, 0.717) is 11.1 Å². The Morgan fingerprint density at radius 2 is 1.72 bits per heavy atom. The number of aromatic nitrogens is 4. The molecule has 5 nitrogen and oxygen atoms in total.